The first-order chi connectivity index (χ1) is 9.70. The second kappa shape index (κ2) is 7.64. The first-order valence-electron chi connectivity index (χ1n) is 6.01. The fourth-order valence-electron chi connectivity index (χ4n) is 1.57. The van der Waals surface area contributed by atoms with Gasteiger partial charge in [-0.25, -0.2) is 0 Å². The molecule has 0 aliphatic heterocycles. The minimum atomic E-state index is -1.00. The molecule has 0 N–H and O–H groups in total. The van der Waals surface area contributed by atoms with Crippen LogP contribution in [0.15, 0.2) is 66.1 Å². The van der Waals surface area contributed by atoms with E-state index >= 15 is 0 Å². The summed E-state index contributed by atoms with van der Waals surface area (Å²) in [6.45, 7) is 3.69. The average Bonchev–Trinajstić information content (AvgIpc) is 2.47. The quantitative estimate of drug-likeness (QED) is 0.421. The Kier molecular flexibility index (Phi) is 5.85. The van der Waals surface area contributed by atoms with Gasteiger partial charge in [0, 0.05) is 0 Å². The third-order valence-electron chi connectivity index (χ3n) is 2.49. The van der Waals surface area contributed by atoms with E-state index in [0.717, 1.165) is 19.8 Å². The second-order valence-corrected chi connectivity index (χ2v) is 7.99. The Morgan fingerprint density at radius 1 is 1.20 bits per heavy atom. The number of carbonyl (C=O) groups excluding carboxylic acids is 1. The third-order valence-corrected chi connectivity index (χ3v) is 6.16. The minimum absolute atomic E-state index is 0.175. The molecular weight excluding hydrogens is 387 g/mol. The van der Waals surface area contributed by atoms with E-state index in [1.807, 2.05) is 30.3 Å². The molecule has 0 amide bonds. The molecule has 2 aromatic rings. The molecule has 1 nitrogen and oxygen atoms in total. The van der Waals surface area contributed by atoms with E-state index in [4.69, 9.17) is 0 Å². The van der Waals surface area contributed by atoms with Gasteiger partial charge in [0.2, 0.25) is 0 Å². The summed E-state index contributed by atoms with van der Waals surface area (Å²) in [6.07, 6.45) is 1.82. The SMILES string of the molecule is C=CCSc1ccccc1C(=O)[Te]c1ccc(F)cc1. The third kappa shape index (κ3) is 4.21. The molecule has 2 aromatic carbocycles. The van der Waals surface area contributed by atoms with Crippen LogP contribution in [0.1, 0.15) is 10.4 Å². The number of thioether (sulfide) groups is 1. The van der Waals surface area contributed by atoms with Crippen LogP contribution in [-0.4, -0.2) is 30.5 Å². The molecule has 0 saturated heterocycles. The summed E-state index contributed by atoms with van der Waals surface area (Å²) < 4.78 is 14.0. The van der Waals surface area contributed by atoms with Crippen molar-refractivity contribution < 1.29 is 9.18 Å². The van der Waals surface area contributed by atoms with E-state index < -0.39 is 20.9 Å². The first kappa shape index (κ1) is 15.3. The van der Waals surface area contributed by atoms with Gasteiger partial charge in [-0.2, -0.15) is 0 Å². The Labute approximate surface area is 132 Å². The number of hydrogen-bond acceptors (Lipinski definition) is 2. The summed E-state index contributed by atoms with van der Waals surface area (Å²) in [5, 5.41) is 0. The van der Waals surface area contributed by atoms with Gasteiger partial charge in [0.1, 0.15) is 0 Å². The maximum absolute atomic E-state index is 12.9. The number of benzene rings is 2. The number of carbonyl (C=O) groups is 1. The predicted molar refractivity (Wildman–Crippen MR) is 83.5 cm³/mol. The van der Waals surface area contributed by atoms with Crippen molar-refractivity contribution in [2.45, 2.75) is 4.90 Å². The fraction of sp³-hybridized carbons (Fsp3) is 0.0625. The molecule has 0 radical (unpaired) electrons. The van der Waals surface area contributed by atoms with Crippen molar-refractivity contribution in [3.8, 4) is 0 Å². The standard InChI is InChI=1S/C16H13FOSTe/c1-2-11-19-15-6-4-3-5-14(15)16(18)20-13-9-7-12(17)8-10-13/h2-10H,1,11H2. The summed E-state index contributed by atoms with van der Waals surface area (Å²) in [6, 6.07) is 13.9. The van der Waals surface area contributed by atoms with Crippen LogP contribution in [0.3, 0.4) is 0 Å². The van der Waals surface area contributed by atoms with Crippen LogP contribution in [0.4, 0.5) is 4.39 Å². The molecule has 2 rings (SSSR count). The van der Waals surface area contributed by atoms with E-state index in [2.05, 4.69) is 6.58 Å². The van der Waals surface area contributed by atoms with Gasteiger partial charge in [0.25, 0.3) is 0 Å². The second-order valence-electron chi connectivity index (χ2n) is 3.94. The van der Waals surface area contributed by atoms with Gasteiger partial charge in [0.05, 0.1) is 0 Å². The van der Waals surface area contributed by atoms with Gasteiger partial charge in [0.15, 0.2) is 0 Å². The van der Waals surface area contributed by atoms with Crippen molar-refractivity contribution in [1.29, 1.82) is 0 Å². The van der Waals surface area contributed by atoms with Crippen LogP contribution in [0.5, 0.6) is 0 Å². The summed E-state index contributed by atoms with van der Waals surface area (Å²) in [5.74, 6) is 0.511. The molecule has 0 aliphatic carbocycles. The molecular formula is C16H13FOSTe. The van der Waals surface area contributed by atoms with Crippen molar-refractivity contribution in [2.75, 3.05) is 5.75 Å². The monoisotopic (exact) mass is 402 g/mol. The molecule has 4 heteroatoms. The average molecular weight is 400 g/mol. The molecule has 0 saturated carbocycles. The van der Waals surface area contributed by atoms with Crippen molar-refractivity contribution in [1.82, 2.24) is 0 Å². The molecule has 0 atom stereocenters. The Morgan fingerprint density at radius 3 is 2.60 bits per heavy atom. The topological polar surface area (TPSA) is 17.1 Å². The molecule has 0 heterocycles. The molecule has 0 fully saturated rings. The summed E-state index contributed by atoms with van der Waals surface area (Å²) in [7, 11) is 0. The van der Waals surface area contributed by atoms with Crippen molar-refractivity contribution in [3.63, 3.8) is 0 Å². The Balaban J connectivity index is 2.16. The van der Waals surface area contributed by atoms with Gasteiger partial charge in [-0.1, -0.05) is 0 Å². The van der Waals surface area contributed by atoms with Crippen LogP contribution < -0.4 is 3.61 Å². The van der Waals surface area contributed by atoms with Gasteiger partial charge in [-0.15, -0.1) is 0 Å². The van der Waals surface area contributed by atoms with E-state index in [1.54, 1.807) is 23.9 Å². The Bertz CT molecular complexity index is 610. The molecule has 0 aromatic heterocycles. The van der Waals surface area contributed by atoms with Crippen LogP contribution in [0, 0.1) is 5.82 Å². The predicted octanol–water partition coefficient (Wildman–Crippen LogP) is 3.27. The normalized spacial score (nSPS) is 10.2. The molecule has 0 unspecified atom stereocenters. The zero-order chi connectivity index (χ0) is 14.4. The summed E-state index contributed by atoms with van der Waals surface area (Å²) >= 11 is 0.608. The molecule has 0 aliphatic rings. The number of halogens is 1. The fourth-order valence-corrected chi connectivity index (χ4v) is 4.77. The van der Waals surface area contributed by atoms with Crippen molar-refractivity contribution in [2.24, 2.45) is 0 Å². The number of rotatable bonds is 6. The summed E-state index contributed by atoms with van der Waals surface area (Å²) in [5.41, 5.74) is 0.770. The zero-order valence-corrected chi connectivity index (χ0v) is 13.9. The van der Waals surface area contributed by atoms with Crippen LogP contribution in [0.2, 0.25) is 0 Å². The van der Waals surface area contributed by atoms with Crippen LogP contribution in [0.25, 0.3) is 0 Å². The van der Waals surface area contributed by atoms with Crippen LogP contribution >= 0.6 is 11.8 Å². The van der Waals surface area contributed by atoms with Crippen LogP contribution in [-0.2, 0) is 0 Å². The van der Waals surface area contributed by atoms with Crippen molar-refractivity contribution >= 4 is 40.1 Å². The van der Waals surface area contributed by atoms with E-state index in [9.17, 15) is 9.18 Å². The van der Waals surface area contributed by atoms with Gasteiger partial charge in [-0.3, -0.25) is 0 Å². The van der Waals surface area contributed by atoms with Gasteiger partial charge < -0.3 is 0 Å². The van der Waals surface area contributed by atoms with Crippen molar-refractivity contribution in [3.05, 3.63) is 72.6 Å². The maximum atomic E-state index is 12.9. The molecule has 0 spiro atoms. The Hall–Kier alpha value is -1.08. The van der Waals surface area contributed by atoms with E-state index in [1.165, 1.54) is 12.1 Å². The molecule has 20 heavy (non-hydrogen) atoms. The molecule has 0 bridgehead atoms. The Morgan fingerprint density at radius 2 is 1.90 bits per heavy atom. The van der Waals surface area contributed by atoms with E-state index in [0.29, 0.717) is 0 Å². The van der Waals surface area contributed by atoms with Gasteiger partial charge >= 0.3 is 133 Å². The first-order valence-corrected chi connectivity index (χ1v) is 9.33. The van der Waals surface area contributed by atoms with Gasteiger partial charge in [-0.05, 0) is 0 Å². The number of hydrogen-bond donors (Lipinski definition) is 0. The summed E-state index contributed by atoms with van der Waals surface area (Å²) in [4.78, 5) is 13.4. The zero-order valence-electron chi connectivity index (χ0n) is 10.7. The van der Waals surface area contributed by atoms with E-state index in [-0.39, 0.29) is 9.65 Å². The molecule has 102 valence electrons.